The van der Waals surface area contributed by atoms with Crippen LogP contribution in [0.1, 0.15) is 11.1 Å². The number of hydrogen-bond donors (Lipinski definition) is 2. The van der Waals surface area contributed by atoms with E-state index in [9.17, 15) is 0 Å². The predicted molar refractivity (Wildman–Crippen MR) is 80.7 cm³/mol. The van der Waals surface area contributed by atoms with E-state index in [1.165, 1.54) is 0 Å². The van der Waals surface area contributed by atoms with Gasteiger partial charge in [-0.1, -0.05) is 47.5 Å². The van der Waals surface area contributed by atoms with Gasteiger partial charge in [-0.15, -0.1) is 0 Å². The standard InChI is InChI=1S/C14H12Cl2N2/c15-13-7-11(17)5-3-9(13)1-2-10-4-6-12(18)8-14(10)16/h1-8H,17-18H2/b2-1+. The maximum atomic E-state index is 6.08. The third-order valence-corrected chi connectivity index (χ3v) is 3.15. The lowest BCUT2D eigenvalue weighted by Crippen LogP contribution is -1.86. The topological polar surface area (TPSA) is 52.0 Å². The van der Waals surface area contributed by atoms with Crippen LogP contribution in [0.5, 0.6) is 0 Å². The highest BCUT2D eigenvalue weighted by Gasteiger charge is 1.99. The SMILES string of the molecule is Nc1ccc(/C=C/c2ccc(N)cc2Cl)c(Cl)c1. The lowest BCUT2D eigenvalue weighted by molar-refractivity contribution is 1.63. The molecule has 0 radical (unpaired) electrons. The minimum absolute atomic E-state index is 0.609. The molecular weight excluding hydrogens is 267 g/mol. The molecule has 4 N–H and O–H groups in total. The molecule has 0 saturated carbocycles. The Morgan fingerprint density at radius 3 is 1.44 bits per heavy atom. The molecule has 4 heteroatoms. The Labute approximate surface area is 116 Å². The molecule has 2 nitrogen and oxygen atoms in total. The number of nitrogen functional groups attached to an aromatic ring is 2. The molecule has 2 aromatic carbocycles. The average Bonchev–Trinajstić information content (AvgIpc) is 2.30. The van der Waals surface area contributed by atoms with Gasteiger partial charge in [0.1, 0.15) is 0 Å². The van der Waals surface area contributed by atoms with Crippen LogP contribution in [0.15, 0.2) is 36.4 Å². The van der Waals surface area contributed by atoms with Crippen LogP contribution in [0.4, 0.5) is 11.4 Å². The maximum Gasteiger partial charge on any atom is 0.0498 e. The van der Waals surface area contributed by atoms with Crippen LogP contribution < -0.4 is 11.5 Å². The smallest absolute Gasteiger partial charge is 0.0498 e. The second-order valence-corrected chi connectivity index (χ2v) is 4.71. The zero-order chi connectivity index (χ0) is 13.1. The van der Waals surface area contributed by atoms with Crippen molar-refractivity contribution in [1.29, 1.82) is 0 Å². The normalized spacial score (nSPS) is 11.0. The van der Waals surface area contributed by atoms with Crippen molar-refractivity contribution in [3.05, 3.63) is 57.6 Å². The maximum absolute atomic E-state index is 6.08. The van der Waals surface area contributed by atoms with Gasteiger partial charge in [-0.25, -0.2) is 0 Å². The van der Waals surface area contributed by atoms with Crippen LogP contribution in [0.2, 0.25) is 10.0 Å². The minimum Gasteiger partial charge on any atom is -0.399 e. The summed E-state index contributed by atoms with van der Waals surface area (Å²) in [5, 5.41) is 1.22. The molecule has 0 aliphatic rings. The molecule has 0 heterocycles. The zero-order valence-electron chi connectivity index (χ0n) is 9.53. The molecule has 0 aliphatic carbocycles. The van der Waals surface area contributed by atoms with Gasteiger partial charge >= 0.3 is 0 Å². The van der Waals surface area contributed by atoms with E-state index in [0.717, 1.165) is 11.1 Å². The van der Waals surface area contributed by atoms with E-state index in [0.29, 0.717) is 21.4 Å². The summed E-state index contributed by atoms with van der Waals surface area (Å²) in [6, 6.07) is 10.8. The van der Waals surface area contributed by atoms with Crippen molar-refractivity contribution in [2.24, 2.45) is 0 Å². The molecule has 18 heavy (non-hydrogen) atoms. The van der Waals surface area contributed by atoms with E-state index in [1.54, 1.807) is 24.3 Å². The van der Waals surface area contributed by atoms with Gasteiger partial charge in [0.15, 0.2) is 0 Å². The molecule has 0 spiro atoms. The average molecular weight is 279 g/mol. The minimum atomic E-state index is 0.609. The second kappa shape index (κ2) is 5.34. The van der Waals surface area contributed by atoms with Gasteiger partial charge in [-0.3, -0.25) is 0 Å². The highest BCUT2D eigenvalue weighted by molar-refractivity contribution is 6.33. The Morgan fingerprint density at radius 1 is 0.722 bits per heavy atom. The first-order valence-corrected chi connectivity index (χ1v) is 6.10. The molecule has 0 unspecified atom stereocenters. The Balaban J connectivity index is 2.30. The second-order valence-electron chi connectivity index (χ2n) is 3.90. The molecule has 0 saturated heterocycles. The molecule has 2 rings (SSSR count). The van der Waals surface area contributed by atoms with E-state index >= 15 is 0 Å². The molecular formula is C14H12Cl2N2. The van der Waals surface area contributed by atoms with Gasteiger partial charge in [0.2, 0.25) is 0 Å². The Morgan fingerprint density at radius 2 is 1.11 bits per heavy atom. The molecule has 0 aliphatic heterocycles. The number of nitrogens with two attached hydrogens (primary N) is 2. The summed E-state index contributed by atoms with van der Waals surface area (Å²) in [5.41, 5.74) is 14.3. The van der Waals surface area contributed by atoms with Crippen molar-refractivity contribution < 1.29 is 0 Å². The van der Waals surface area contributed by atoms with Crippen LogP contribution in [0, 0.1) is 0 Å². The Kier molecular flexibility index (Phi) is 3.80. The number of anilines is 2. The summed E-state index contributed by atoms with van der Waals surface area (Å²) in [6.07, 6.45) is 3.78. The van der Waals surface area contributed by atoms with Gasteiger partial charge in [-0.05, 0) is 35.4 Å². The van der Waals surface area contributed by atoms with Crippen LogP contribution in [-0.2, 0) is 0 Å². The largest absolute Gasteiger partial charge is 0.399 e. The lowest BCUT2D eigenvalue weighted by atomic mass is 10.1. The molecule has 2 aromatic rings. The van der Waals surface area contributed by atoms with Crippen LogP contribution >= 0.6 is 23.2 Å². The van der Waals surface area contributed by atoms with E-state index in [4.69, 9.17) is 34.7 Å². The van der Waals surface area contributed by atoms with E-state index in [1.807, 2.05) is 24.3 Å². The number of benzene rings is 2. The van der Waals surface area contributed by atoms with Crippen LogP contribution in [-0.4, -0.2) is 0 Å². The zero-order valence-corrected chi connectivity index (χ0v) is 11.0. The molecule has 0 atom stereocenters. The quantitative estimate of drug-likeness (QED) is 0.635. The van der Waals surface area contributed by atoms with Crippen molar-refractivity contribution in [3.63, 3.8) is 0 Å². The van der Waals surface area contributed by atoms with Crippen molar-refractivity contribution >= 4 is 46.7 Å². The fourth-order valence-electron chi connectivity index (χ4n) is 1.54. The monoisotopic (exact) mass is 278 g/mol. The van der Waals surface area contributed by atoms with Crippen LogP contribution in [0.25, 0.3) is 12.2 Å². The number of hydrogen-bond acceptors (Lipinski definition) is 2. The first kappa shape index (κ1) is 12.8. The van der Waals surface area contributed by atoms with Gasteiger partial charge in [0.25, 0.3) is 0 Å². The van der Waals surface area contributed by atoms with Crippen molar-refractivity contribution in [1.82, 2.24) is 0 Å². The Hall–Kier alpha value is -1.64. The first-order chi connectivity index (χ1) is 8.56. The van der Waals surface area contributed by atoms with Gasteiger partial charge in [-0.2, -0.15) is 0 Å². The first-order valence-electron chi connectivity index (χ1n) is 5.34. The molecule has 0 bridgehead atoms. The fraction of sp³-hybridized carbons (Fsp3) is 0. The van der Waals surface area contributed by atoms with Crippen molar-refractivity contribution in [2.75, 3.05) is 11.5 Å². The third kappa shape index (κ3) is 2.97. The summed E-state index contributed by atoms with van der Waals surface area (Å²) in [6.45, 7) is 0. The summed E-state index contributed by atoms with van der Waals surface area (Å²) in [4.78, 5) is 0. The summed E-state index contributed by atoms with van der Waals surface area (Å²) >= 11 is 12.2. The molecule has 0 fully saturated rings. The van der Waals surface area contributed by atoms with E-state index < -0.39 is 0 Å². The highest BCUT2D eigenvalue weighted by Crippen LogP contribution is 2.24. The van der Waals surface area contributed by atoms with Gasteiger partial charge in [0, 0.05) is 21.4 Å². The Bertz CT molecular complexity index is 553. The molecule has 92 valence electrons. The summed E-state index contributed by atoms with van der Waals surface area (Å²) in [7, 11) is 0. The highest BCUT2D eigenvalue weighted by atomic mass is 35.5. The number of rotatable bonds is 2. The molecule has 0 aromatic heterocycles. The lowest BCUT2D eigenvalue weighted by Gasteiger charge is -2.02. The summed E-state index contributed by atoms with van der Waals surface area (Å²) < 4.78 is 0. The van der Waals surface area contributed by atoms with Crippen molar-refractivity contribution in [3.8, 4) is 0 Å². The number of halogens is 2. The van der Waals surface area contributed by atoms with Crippen molar-refractivity contribution in [2.45, 2.75) is 0 Å². The van der Waals surface area contributed by atoms with Gasteiger partial charge < -0.3 is 11.5 Å². The van der Waals surface area contributed by atoms with E-state index in [2.05, 4.69) is 0 Å². The van der Waals surface area contributed by atoms with E-state index in [-0.39, 0.29) is 0 Å². The fourth-order valence-corrected chi connectivity index (χ4v) is 2.04. The predicted octanol–water partition coefficient (Wildman–Crippen LogP) is 4.33. The van der Waals surface area contributed by atoms with Crippen LogP contribution in [0.3, 0.4) is 0 Å². The van der Waals surface area contributed by atoms with Gasteiger partial charge in [0.05, 0.1) is 0 Å². The molecule has 0 amide bonds. The summed E-state index contributed by atoms with van der Waals surface area (Å²) in [5.74, 6) is 0. The third-order valence-electron chi connectivity index (χ3n) is 2.49.